The summed E-state index contributed by atoms with van der Waals surface area (Å²) in [7, 11) is 1.63. The van der Waals surface area contributed by atoms with Crippen LogP contribution in [-0.2, 0) is 4.84 Å². The Hall–Kier alpha value is -3.11. The van der Waals surface area contributed by atoms with Gasteiger partial charge in [0.2, 0.25) is 0 Å². The van der Waals surface area contributed by atoms with Crippen LogP contribution in [-0.4, -0.2) is 18.8 Å². The molecule has 0 bridgehead atoms. The molecule has 1 fully saturated rings. The number of nitrogens with zero attached hydrogens (tertiary/aromatic N) is 1. The molecule has 0 heterocycles. The van der Waals surface area contributed by atoms with E-state index in [0.717, 1.165) is 29.0 Å². The molecule has 0 saturated heterocycles. The number of hydrogen-bond acceptors (Lipinski definition) is 4. The van der Waals surface area contributed by atoms with Crippen LogP contribution >= 0.6 is 11.6 Å². The predicted molar refractivity (Wildman–Crippen MR) is 118 cm³/mol. The van der Waals surface area contributed by atoms with Crippen molar-refractivity contribution in [2.24, 2.45) is 11.1 Å². The Morgan fingerprint density at radius 3 is 2.20 bits per heavy atom. The van der Waals surface area contributed by atoms with Gasteiger partial charge in [-0.2, -0.15) is 0 Å². The number of aryl methyl sites for hydroxylation is 1. The van der Waals surface area contributed by atoms with Crippen molar-refractivity contribution in [2.75, 3.05) is 7.11 Å². The summed E-state index contributed by atoms with van der Waals surface area (Å²) in [5.74, 6) is 0.788. The maximum Gasteiger partial charge on any atom is 0.365 e. The maximum atomic E-state index is 12.5. The number of halogens is 1. The fourth-order valence-electron chi connectivity index (χ4n) is 3.50. The highest BCUT2D eigenvalue weighted by Gasteiger charge is 2.43. The van der Waals surface area contributed by atoms with E-state index in [1.807, 2.05) is 67.6 Å². The zero-order valence-corrected chi connectivity index (χ0v) is 17.6. The minimum absolute atomic E-state index is 0.172. The predicted octanol–water partition coefficient (Wildman–Crippen LogP) is 6.02. The topological polar surface area (TPSA) is 47.9 Å². The van der Waals surface area contributed by atoms with E-state index in [0.29, 0.717) is 16.5 Å². The van der Waals surface area contributed by atoms with E-state index in [9.17, 15) is 4.79 Å². The summed E-state index contributed by atoms with van der Waals surface area (Å²) in [4.78, 5) is 17.8. The summed E-state index contributed by atoms with van der Waals surface area (Å²) >= 11 is 6.02. The number of methoxy groups -OCH3 is 1. The van der Waals surface area contributed by atoms with Gasteiger partial charge in [-0.1, -0.05) is 46.6 Å². The molecule has 4 rings (SSSR count). The van der Waals surface area contributed by atoms with E-state index in [2.05, 4.69) is 5.16 Å². The molecule has 0 amide bonds. The van der Waals surface area contributed by atoms with Crippen molar-refractivity contribution in [2.45, 2.75) is 19.3 Å². The van der Waals surface area contributed by atoms with Gasteiger partial charge in [0.15, 0.2) is 0 Å². The lowest BCUT2D eigenvalue weighted by molar-refractivity contribution is 0.0515. The number of rotatable bonds is 6. The Balaban J connectivity index is 1.58. The normalized spacial score (nSPS) is 18.0. The molecular formula is C25H22ClNO3. The van der Waals surface area contributed by atoms with Gasteiger partial charge in [0.05, 0.1) is 18.4 Å². The van der Waals surface area contributed by atoms with Crippen molar-refractivity contribution in [1.82, 2.24) is 0 Å². The first kappa shape index (κ1) is 20.2. The van der Waals surface area contributed by atoms with Crippen LogP contribution in [0.1, 0.15) is 39.4 Å². The van der Waals surface area contributed by atoms with Crippen LogP contribution in [0.5, 0.6) is 5.75 Å². The minimum atomic E-state index is -0.468. The molecule has 0 aromatic heterocycles. The van der Waals surface area contributed by atoms with Crippen LogP contribution in [0.25, 0.3) is 0 Å². The first-order chi connectivity index (χ1) is 14.5. The maximum absolute atomic E-state index is 12.5. The van der Waals surface area contributed by atoms with E-state index in [4.69, 9.17) is 21.2 Å². The third kappa shape index (κ3) is 4.55. The van der Waals surface area contributed by atoms with Crippen LogP contribution in [0.3, 0.4) is 0 Å². The van der Waals surface area contributed by atoms with Crippen LogP contribution < -0.4 is 4.74 Å². The van der Waals surface area contributed by atoms with Gasteiger partial charge >= 0.3 is 5.97 Å². The third-order valence-electron chi connectivity index (χ3n) is 5.34. The number of ether oxygens (including phenoxy) is 1. The van der Waals surface area contributed by atoms with E-state index >= 15 is 0 Å². The Morgan fingerprint density at radius 2 is 1.57 bits per heavy atom. The van der Waals surface area contributed by atoms with E-state index < -0.39 is 5.97 Å². The first-order valence-corrected chi connectivity index (χ1v) is 10.2. The average Bonchev–Trinajstić information content (AvgIpc) is 3.56. The zero-order chi connectivity index (χ0) is 21.1. The van der Waals surface area contributed by atoms with Crippen LogP contribution in [0.2, 0.25) is 5.02 Å². The highest BCUT2D eigenvalue weighted by atomic mass is 35.5. The van der Waals surface area contributed by atoms with Crippen molar-refractivity contribution in [3.63, 3.8) is 0 Å². The summed E-state index contributed by atoms with van der Waals surface area (Å²) in [5, 5.41) is 5.02. The Kier molecular flexibility index (Phi) is 5.86. The number of oxime groups is 1. The molecule has 0 aliphatic heterocycles. The van der Waals surface area contributed by atoms with Crippen molar-refractivity contribution >= 4 is 23.3 Å². The summed E-state index contributed by atoms with van der Waals surface area (Å²) in [6.45, 7) is 1.97. The van der Waals surface area contributed by atoms with Gasteiger partial charge in [-0.15, -0.1) is 0 Å². The molecule has 3 aromatic carbocycles. The lowest BCUT2D eigenvalue weighted by atomic mass is 10.0. The SMILES string of the molecule is COc1ccc(/C(=N/OC(=O)c2ccc(C)cc2)[C@H]2C[C@H]2c2ccc(Cl)cc2)cc1. The molecule has 3 aromatic rings. The Labute approximate surface area is 181 Å². The third-order valence-corrected chi connectivity index (χ3v) is 5.59. The zero-order valence-electron chi connectivity index (χ0n) is 16.8. The second-order valence-corrected chi connectivity index (χ2v) is 7.89. The fourth-order valence-corrected chi connectivity index (χ4v) is 3.63. The molecule has 4 nitrogen and oxygen atoms in total. The monoisotopic (exact) mass is 419 g/mol. The minimum Gasteiger partial charge on any atom is -0.497 e. The average molecular weight is 420 g/mol. The molecule has 152 valence electrons. The quantitative estimate of drug-likeness (QED) is 0.279. The molecule has 5 heteroatoms. The van der Waals surface area contributed by atoms with E-state index in [-0.39, 0.29) is 5.92 Å². The second-order valence-electron chi connectivity index (χ2n) is 7.45. The fraction of sp³-hybridized carbons (Fsp3) is 0.200. The molecule has 0 unspecified atom stereocenters. The number of carbonyl (C=O) groups excluding carboxylic acids is 1. The molecule has 2 atom stereocenters. The van der Waals surface area contributed by atoms with Gasteiger partial charge < -0.3 is 9.57 Å². The molecule has 0 spiro atoms. The summed E-state index contributed by atoms with van der Waals surface area (Å²) in [5.41, 5.74) is 4.43. The largest absolute Gasteiger partial charge is 0.497 e. The van der Waals surface area contributed by atoms with Crippen molar-refractivity contribution in [1.29, 1.82) is 0 Å². The van der Waals surface area contributed by atoms with Gasteiger partial charge in [0.25, 0.3) is 0 Å². The van der Waals surface area contributed by atoms with Crippen LogP contribution in [0.15, 0.2) is 78.0 Å². The molecule has 0 radical (unpaired) electrons. The lowest BCUT2D eigenvalue weighted by Crippen LogP contribution is -2.09. The van der Waals surface area contributed by atoms with E-state index in [1.54, 1.807) is 19.2 Å². The van der Waals surface area contributed by atoms with Crippen LogP contribution in [0, 0.1) is 12.8 Å². The highest BCUT2D eigenvalue weighted by Crippen LogP contribution is 2.49. The van der Waals surface area contributed by atoms with Gasteiger partial charge in [0.1, 0.15) is 5.75 Å². The molecular weight excluding hydrogens is 398 g/mol. The van der Waals surface area contributed by atoms with Crippen molar-refractivity contribution in [3.05, 3.63) is 100 Å². The van der Waals surface area contributed by atoms with Gasteiger partial charge in [-0.25, -0.2) is 4.79 Å². The van der Waals surface area contributed by atoms with Crippen LogP contribution in [0.4, 0.5) is 0 Å². The summed E-state index contributed by atoms with van der Waals surface area (Å²) in [6.07, 6.45) is 0.939. The molecule has 30 heavy (non-hydrogen) atoms. The number of hydrogen-bond donors (Lipinski definition) is 0. The number of carbonyl (C=O) groups is 1. The second kappa shape index (κ2) is 8.72. The molecule has 1 aliphatic rings. The standard InChI is InChI=1S/C25H22ClNO3/c1-16-3-5-19(6-4-16)25(28)30-27-24(18-9-13-21(29-2)14-10-18)23-15-22(23)17-7-11-20(26)12-8-17/h3-14,22-23H,15H2,1-2H3/b27-24-/t22-,23-/m0/s1. The Morgan fingerprint density at radius 1 is 0.933 bits per heavy atom. The van der Waals surface area contributed by atoms with E-state index in [1.165, 1.54) is 5.56 Å². The summed E-state index contributed by atoms with van der Waals surface area (Å²) in [6, 6.07) is 22.8. The van der Waals surface area contributed by atoms with Gasteiger partial charge in [-0.05, 0) is 78.9 Å². The Bertz CT molecular complexity index is 1060. The molecule has 1 aliphatic carbocycles. The summed E-state index contributed by atoms with van der Waals surface area (Å²) < 4.78 is 5.25. The van der Waals surface area contributed by atoms with Crippen molar-refractivity contribution in [3.8, 4) is 5.75 Å². The van der Waals surface area contributed by atoms with Crippen molar-refractivity contribution < 1.29 is 14.4 Å². The molecule has 1 saturated carbocycles. The highest BCUT2D eigenvalue weighted by molar-refractivity contribution is 6.30. The lowest BCUT2D eigenvalue weighted by Gasteiger charge is -2.08. The van der Waals surface area contributed by atoms with Gasteiger partial charge in [-0.3, -0.25) is 0 Å². The smallest absolute Gasteiger partial charge is 0.365 e. The number of benzene rings is 3. The first-order valence-electron chi connectivity index (χ1n) is 9.81. The van der Waals surface area contributed by atoms with Gasteiger partial charge in [0, 0.05) is 10.9 Å². The molecule has 0 N–H and O–H groups in total.